The summed E-state index contributed by atoms with van der Waals surface area (Å²) in [6.07, 6.45) is 0. The molecule has 0 unspecified atom stereocenters. The van der Waals surface area contributed by atoms with E-state index in [9.17, 15) is 52.7 Å². The highest BCUT2D eigenvalue weighted by molar-refractivity contribution is 6.68. The minimum Gasteiger partial charge on any atom is -0.210 e. The summed E-state index contributed by atoms with van der Waals surface area (Å²) in [5, 5.41) is -3.90. The van der Waals surface area contributed by atoms with Crippen LogP contribution in [0.1, 0.15) is 0 Å². The summed E-state index contributed by atoms with van der Waals surface area (Å²) >= 11 is 0. The Morgan fingerprint density at radius 1 is 0.276 bits per heavy atom. The number of rotatable bonds is 2. The maximum atomic E-state index is 14.5. The molecule has 0 spiro atoms. The Labute approximate surface area is 152 Å². The van der Waals surface area contributed by atoms with Gasteiger partial charge in [0.1, 0.15) is 23.3 Å². The summed E-state index contributed by atoms with van der Waals surface area (Å²) in [5.74, 6) is -29.7. The van der Waals surface area contributed by atoms with Crippen LogP contribution in [0.5, 0.6) is 0 Å². The van der Waals surface area contributed by atoms with E-state index in [-0.39, 0.29) is 0 Å². The maximum absolute atomic E-state index is 14.5. The number of fused-ring (bicyclic) bond motifs is 1. The van der Waals surface area contributed by atoms with Crippen LogP contribution in [0.2, 0.25) is 0 Å². The second-order valence-corrected chi connectivity index (χ2v) is 6.02. The van der Waals surface area contributed by atoms with Gasteiger partial charge in [0.2, 0.25) is 0 Å². The van der Waals surface area contributed by atoms with Gasteiger partial charge in [0.25, 0.3) is 0 Å². The monoisotopic (exact) mass is 433 g/mol. The molecule has 0 atom stereocenters. The Balaban J connectivity index is 2.40. The molecule has 0 nitrogen and oxygen atoms in total. The molecule has 0 N–H and O–H groups in total. The fourth-order valence-corrected chi connectivity index (χ4v) is 3.01. The number of hydrogen-bond acceptors (Lipinski definition) is 0. The molecule has 0 bridgehead atoms. The van der Waals surface area contributed by atoms with Crippen LogP contribution < -0.4 is 10.9 Å². The van der Waals surface area contributed by atoms with Gasteiger partial charge >= 0.3 is 0 Å². The zero-order chi connectivity index (χ0) is 21.9. The van der Waals surface area contributed by atoms with Gasteiger partial charge in [-0.2, -0.15) is 0 Å². The third kappa shape index (κ3) is 2.82. The molecule has 0 heterocycles. The van der Waals surface area contributed by atoms with E-state index in [1.54, 1.807) is 0 Å². The Morgan fingerprint density at radius 2 is 0.517 bits per heavy atom. The SMILES string of the molecule is Fc1c(F)c(F)c([BH2-]c2c(F)c(F)c3c(F)c(F)c(F)c(F)c3c2F)c(F)c1F. The van der Waals surface area contributed by atoms with Gasteiger partial charge in [-0.05, 0) is 0 Å². The molecule has 0 saturated heterocycles. The van der Waals surface area contributed by atoms with Gasteiger partial charge < -0.3 is 0 Å². The van der Waals surface area contributed by atoms with Crippen LogP contribution in [0.25, 0.3) is 10.8 Å². The molecule has 0 aromatic heterocycles. The molecule has 0 saturated carbocycles. The summed E-state index contributed by atoms with van der Waals surface area (Å²) in [4.78, 5) is 0. The Morgan fingerprint density at radius 3 is 0.966 bits per heavy atom. The molecule has 0 aliphatic heterocycles. The van der Waals surface area contributed by atoms with Gasteiger partial charge in [0.15, 0.2) is 46.5 Å². The molecule has 0 aliphatic rings. The van der Waals surface area contributed by atoms with E-state index in [1.165, 1.54) is 0 Å². The van der Waals surface area contributed by atoms with Crippen molar-refractivity contribution in [2.24, 2.45) is 0 Å². The van der Waals surface area contributed by atoms with Crippen molar-refractivity contribution in [1.29, 1.82) is 0 Å². The van der Waals surface area contributed by atoms with Crippen LogP contribution in [-0.4, -0.2) is 7.28 Å². The first-order valence-corrected chi connectivity index (χ1v) is 7.52. The van der Waals surface area contributed by atoms with Gasteiger partial charge in [-0.25, -0.2) is 52.7 Å². The topological polar surface area (TPSA) is 0 Å². The van der Waals surface area contributed by atoms with Crippen LogP contribution in [0.3, 0.4) is 0 Å². The smallest absolute Gasteiger partial charge is 0.200 e. The van der Waals surface area contributed by atoms with E-state index in [4.69, 9.17) is 0 Å². The van der Waals surface area contributed by atoms with E-state index >= 15 is 0 Å². The average molecular weight is 433 g/mol. The fraction of sp³-hybridized carbons (Fsp3) is 0. The Kier molecular flexibility index (Phi) is 4.95. The second-order valence-electron chi connectivity index (χ2n) is 6.02. The number of hydrogen-bond donors (Lipinski definition) is 0. The highest BCUT2D eigenvalue weighted by Gasteiger charge is 2.30. The number of benzene rings is 3. The summed E-state index contributed by atoms with van der Waals surface area (Å²) in [7, 11) is -3.30. The van der Waals surface area contributed by atoms with Crippen molar-refractivity contribution < 1.29 is 52.7 Å². The summed E-state index contributed by atoms with van der Waals surface area (Å²) in [6.45, 7) is 0. The largest absolute Gasteiger partial charge is 0.210 e. The van der Waals surface area contributed by atoms with Gasteiger partial charge in [0.05, 0.1) is 10.8 Å². The maximum Gasteiger partial charge on any atom is 0.200 e. The minimum atomic E-state index is -3.30. The van der Waals surface area contributed by atoms with Crippen LogP contribution in [-0.2, 0) is 0 Å². The lowest BCUT2D eigenvalue weighted by Gasteiger charge is -2.18. The highest BCUT2D eigenvalue weighted by Crippen LogP contribution is 2.31. The first-order chi connectivity index (χ1) is 13.4. The Hall–Kier alpha value is -2.86. The summed E-state index contributed by atoms with van der Waals surface area (Å²) in [6, 6.07) is 0. The molecule has 0 amide bonds. The van der Waals surface area contributed by atoms with E-state index in [2.05, 4.69) is 0 Å². The zero-order valence-electron chi connectivity index (χ0n) is 13.5. The second kappa shape index (κ2) is 6.88. The first-order valence-electron chi connectivity index (χ1n) is 7.52. The van der Waals surface area contributed by atoms with Crippen LogP contribution in [0.4, 0.5) is 52.7 Å². The molecule has 0 aliphatic carbocycles. The van der Waals surface area contributed by atoms with Crippen molar-refractivity contribution in [3.8, 4) is 0 Å². The molecule has 3 aromatic rings. The zero-order valence-corrected chi connectivity index (χ0v) is 13.5. The predicted octanol–water partition coefficient (Wildman–Crippen LogP) is 3.63. The lowest BCUT2D eigenvalue weighted by atomic mass is 9.62. The number of halogens is 12. The third-order valence-electron chi connectivity index (χ3n) is 4.49. The summed E-state index contributed by atoms with van der Waals surface area (Å²) < 4.78 is 164. The van der Waals surface area contributed by atoms with Crippen molar-refractivity contribution in [3.63, 3.8) is 0 Å². The molecule has 3 rings (SSSR count). The van der Waals surface area contributed by atoms with Crippen molar-refractivity contribution in [3.05, 3.63) is 69.8 Å². The molecule has 0 radical (unpaired) electrons. The van der Waals surface area contributed by atoms with Crippen molar-refractivity contribution in [2.75, 3.05) is 0 Å². The van der Waals surface area contributed by atoms with Gasteiger partial charge in [-0.3, -0.25) is 0 Å². The molecule has 29 heavy (non-hydrogen) atoms. The van der Waals surface area contributed by atoms with Crippen LogP contribution >= 0.6 is 0 Å². The minimum absolute atomic E-state index is 1.69. The first kappa shape index (κ1) is 20.9. The molecule has 154 valence electrons. The molecule has 0 fully saturated rings. The average Bonchev–Trinajstić information content (AvgIpc) is 2.69. The molecule has 13 heteroatoms. The predicted molar refractivity (Wildman–Crippen MR) is 77.7 cm³/mol. The lowest BCUT2D eigenvalue weighted by molar-refractivity contribution is 0.384. The molecular formula is C16H2BF12-. The normalized spacial score (nSPS) is 11.6. The fourth-order valence-electron chi connectivity index (χ4n) is 3.01. The van der Waals surface area contributed by atoms with Gasteiger partial charge in [-0.15, -0.1) is 10.9 Å². The quantitative estimate of drug-likeness (QED) is 0.251. The third-order valence-corrected chi connectivity index (χ3v) is 4.49. The molecular weight excluding hydrogens is 431 g/mol. The van der Waals surface area contributed by atoms with E-state index in [0.29, 0.717) is 0 Å². The van der Waals surface area contributed by atoms with Crippen molar-refractivity contribution in [2.45, 2.75) is 0 Å². The van der Waals surface area contributed by atoms with E-state index < -0.39 is 98.8 Å². The highest BCUT2D eigenvalue weighted by atomic mass is 19.2. The van der Waals surface area contributed by atoms with E-state index in [1.807, 2.05) is 0 Å². The Bertz CT molecular complexity index is 1170. The van der Waals surface area contributed by atoms with Gasteiger partial charge in [-0.1, -0.05) is 0 Å². The lowest BCUT2D eigenvalue weighted by Crippen LogP contribution is -2.39. The van der Waals surface area contributed by atoms with Gasteiger partial charge in [0, 0.05) is 7.28 Å². The van der Waals surface area contributed by atoms with E-state index in [0.717, 1.165) is 0 Å². The van der Waals surface area contributed by atoms with Crippen molar-refractivity contribution >= 4 is 29.0 Å². The summed E-state index contributed by atoms with van der Waals surface area (Å²) in [5.41, 5.74) is -3.40. The van der Waals surface area contributed by atoms with Crippen LogP contribution in [0, 0.1) is 69.8 Å². The van der Waals surface area contributed by atoms with Crippen molar-refractivity contribution in [1.82, 2.24) is 0 Å². The van der Waals surface area contributed by atoms with Crippen LogP contribution in [0.15, 0.2) is 0 Å². The standard InChI is InChI=1S/C16H2BF12/c18-5-1-2(8(21)13(26)12(25)7(1)20)6(19)9(22)3(5)17-4-10(23)14(27)16(29)15(28)11(4)24/h17H2/q-1. The molecule has 3 aromatic carbocycles.